The van der Waals surface area contributed by atoms with Crippen LogP contribution in [-0.4, -0.2) is 20.1 Å². The molecular formula is C3H12Cl2N4O. The fourth-order valence-electron chi connectivity index (χ4n) is 0.258. The van der Waals surface area contributed by atoms with Crippen molar-refractivity contribution in [2.24, 2.45) is 0 Å². The van der Waals surface area contributed by atoms with E-state index in [2.05, 4.69) is 21.7 Å². The van der Waals surface area contributed by atoms with Crippen molar-refractivity contribution in [2.45, 2.75) is 0 Å². The van der Waals surface area contributed by atoms with Crippen LogP contribution >= 0.6 is 24.8 Å². The van der Waals surface area contributed by atoms with E-state index in [0.29, 0.717) is 0 Å². The van der Waals surface area contributed by atoms with Gasteiger partial charge in [0, 0.05) is 14.1 Å². The highest BCUT2D eigenvalue weighted by Crippen LogP contribution is 1.49. The third-order valence-corrected chi connectivity index (χ3v) is 0.477. The van der Waals surface area contributed by atoms with Gasteiger partial charge in [0.2, 0.25) is 0 Å². The van der Waals surface area contributed by atoms with Gasteiger partial charge >= 0.3 is 6.03 Å². The van der Waals surface area contributed by atoms with Gasteiger partial charge in [-0.3, -0.25) is 10.9 Å². The predicted octanol–water partition coefficient (Wildman–Crippen LogP) is -0.602. The van der Waals surface area contributed by atoms with Crippen LogP contribution < -0.4 is 21.7 Å². The van der Waals surface area contributed by atoms with Gasteiger partial charge in [-0.1, -0.05) is 0 Å². The van der Waals surface area contributed by atoms with E-state index >= 15 is 0 Å². The Balaban J connectivity index is -0.000000245. The maximum absolute atomic E-state index is 10.3. The Morgan fingerprint density at radius 3 is 1.50 bits per heavy atom. The zero-order valence-corrected chi connectivity index (χ0v) is 7.36. The number of amides is 2. The van der Waals surface area contributed by atoms with E-state index in [1.165, 1.54) is 0 Å². The number of carbonyl (C=O) groups excluding carboxylic acids is 1. The number of halogens is 2. The molecule has 7 heteroatoms. The SMILES string of the molecule is CNNC(=O)NNC.Cl.Cl. The minimum absolute atomic E-state index is 0. The summed E-state index contributed by atoms with van der Waals surface area (Å²) >= 11 is 0. The van der Waals surface area contributed by atoms with E-state index in [1.54, 1.807) is 14.1 Å². The van der Waals surface area contributed by atoms with Crippen molar-refractivity contribution >= 4 is 30.8 Å². The lowest BCUT2D eigenvalue weighted by atomic mass is 11.1. The van der Waals surface area contributed by atoms with Gasteiger partial charge in [-0.25, -0.2) is 15.6 Å². The molecular weight excluding hydrogens is 179 g/mol. The summed E-state index contributed by atoms with van der Waals surface area (Å²) in [6, 6.07) is -0.310. The third kappa shape index (κ3) is 10.7. The summed E-state index contributed by atoms with van der Waals surface area (Å²) in [6.45, 7) is 0. The van der Waals surface area contributed by atoms with Crippen molar-refractivity contribution in [1.82, 2.24) is 21.7 Å². The molecule has 0 unspecified atom stereocenters. The number of hydrogen-bond donors (Lipinski definition) is 4. The van der Waals surface area contributed by atoms with Crippen LogP contribution in [0.15, 0.2) is 0 Å². The minimum atomic E-state index is -0.310. The average molecular weight is 191 g/mol. The van der Waals surface area contributed by atoms with Crippen LogP contribution in [0.3, 0.4) is 0 Å². The minimum Gasteiger partial charge on any atom is -0.272 e. The highest BCUT2D eigenvalue weighted by molar-refractivity contribution is 5.85. The summed E-state index contributed by atoms with van der Waals surface area (Å²) in [5.74, 6) is 0. The maximum Gasteiger partial charge on any atom is 0.343 e. The van der Waals surface area contributed by atoms with Crippen LogP contribution in [0.4, 0.5) is 4.79 Å². The molecule has 64 valence electrons. The van der Waals surface area contributed by atoms with E-state index in [0.717, 1.165) is 0 Å². The van der Waals surface area contributed by atoms with Crippen molar-refractivity contribution in [3.8, 4) is 0 Å². The van der Waals surface area contributed by atoms with Crippen LogP contribution in [-0.2, 0) is 0 Å². The number of urea groups is 1. The molecule has 0 bridgehead atoms. The Morgan fingerprint density at radius 2 is 1.30 bits per heavy atom. The molecule has 0 aromatic rings. The second-order valence-electron chi connectivity index (χ2n) is 1.08. The molecule has 2 amide bonds. The average Bonchev–Trinajstić information content (AvgIpc) is 1.68. The molecule has 0 spiro atoms. The van der Waals surface area contributed by atoms with Crippen molar-refractivity contribution in [3.63, 3.8) is 0 Å². The van der Waals surface area contributed by atoms with E-state index in [9.17, 15) is 4.79 Å². The molecule has 0 saturated heterocycles. The molecule has 0 aliphatic rings. The molecule has 5 nitrogen and oxygen atoms in total. The highest BCUT2D eigenvalue weighted by atomic mass is 35.5. The monoisotopic (exact) mass is 190 g/mol. The molecule has 0 aromatic heterocycles. The lowest BCUT2D eigenvalue weighted by Gasteiger charge is -2.01. The summed E-state index contributed by atoms with van der Waals surface area (Å²) in [6.07, 6.45) is 0. The van der Waals surface area contributed by atoms with Gasteiger partial charge < -0.3 is 0 Å². The summed E-state index contributed by atoms with van der Waals surface area (Å²) in [4.78, 5) is 10.3. The van der Waals surface area contributed by atoms with Crippen LogP contribution in [0, 0.1) is 0 Å². The van der Waals surface area contributed by atoms with E-state index in [-0.39, 0.29) is 30.8 Å². The molecule has 10 heavy (non-hydrogen) atoms. The van der Waals surface area contributed by atoms with Gasteiger partial charge in [-0.2, -0.15) is 0 Å². The maximum atomic E-state index is 10.3. The molecule has 0 atom stereocenters. The fourth-order valence-corrected chi connectivity index (χ4v) is 0.258. The summed E-state index contributed by atoms with van der Waals surface area (Å²) in [7, 11) is 3.21. The van der Waals surface area contributed by atoms with Gasteiger partial charge in [-0.15, -0.1) is 24.8 Å². The lowest BCUT2D eigenvalue weighted by molar-refractivity contribution is 0.234. The summed E-state index contributed by atoms with van der Waals surface area (Å²) < 4.78 is 0. The topological polar surface area (TPSA) is 65.2 Å². The standard InChI is InChI=1S/C3H10N4O.2ClH/c1-4-6-3(8)7-5-2;;/h4-5H,1-2H3,(H2,6,7,8);2*1H. The Morgan fingerprint density at radius 1 is 1.00 bits per heavy atom. The van der Waals surface area contributed by atoms with Crippen LogP contribution in [0.25, 0.3) is 0 Å². The van der Waals surface area contributed by atoms with Crippen LogP contribution in [0.5, 0.6) is 0 Å². The number of rotatable bonds is 2. The number of hydrogen-bond acceptors (Lipinski definition) is 3. The Hall–Kier alpha value is -0.230. The van der Waals surface area contributed by atoms with Crippen LogP contribution in [0.1, 0.15) is 0 Å². The first kappa shape index (κ1) is 16.4. The normalized spacial score (nSPS) is 6.60. The molecule has 0 aliphatic heterocycles. The smallest absolute Gasteiger partial charge is 0.272 e. The molecule has 0 saturated carbocycles. The molecule has 0 fully saturated rings. The molecule has 0 radical (unpaired) electrons. The number of hydrazine groups is 2. The highest BCUT2D eigenvalue weighted by Gasteiger charge is 1.89. The van der Waals surface area contributed by atoms with Gasteiger partial charge in [-0.05, 0) is 0 Å². The Labute approximate surface area is 72.1 Å². The van der Waals surface area contributed by atoms with Gasteiger partial charge in [0.05, 0.1) is 0 Å². The Bertz CT molecular complexity index is 72.9. The number of nitrogens with one attached hydrogen (secondary N) is 4. The lowest BCUT2D eigenvalue weighted by Crippen LogP contribution is -2.46. The van der Waals surface area contributed by atoms with E-state index < -0.39 is 0 Å². The zero-order valence-electron chi connectivity index (χ0n) is 5.72. The van der Waals surface area contributed by atoms with Gasteiger partial charge in [0.15, 0.2) is 0 Å². The Kier molecular flexibility index (Phi) is 18.9. The first-order valence-electron chi connectivity index (χ1n) is 2.20. The predicted molar refractivity (Wildman–Crippen MR) is 44.3 cm³/mol. The number of carbonyl (C=O) groups is 1. The molecule has 0 rings (SSSR count). The van der Waals surface area contributed by atoms with Crippen LogP contribution in [0.2, 0.25) is 0 Å². The van der Waals surface area contributed by atoms with Crippen molar-refractivity contribution in [1.29, 1.82) is 0 Å². The second-order valence-corrected chi connectivity index (χ2v) is 1.08. The van der Waals surface area contributed by atoms with Gasteiger partial charge in [0.1, 0.15) is 0 Å². The zero-order chi connectivity index (χ0) is 6.41. The molecule has 0 heterocycles. The molecule has 0 aromatic carbocycles. The van der Waals surface area contributed by atoms with Crippen molar-refractivity contribution in [3.05, 3.63) is 0 Å². The van der Waals surface area contributed by atoms with Crippen molar-refractivity contribution in [2.75, 3.05) is 14.1 Å². The fraction of sp³-hybridized carbons (Fsp3) is 0.667. The van der Waals surface area contributed by atoms with Crippen molar-refractivity contribution < 1.29 is 4.79 Å². The summed E-state index contributed by atoms with van der Waals surface area (Å²) in [5.41, 5.74) is 9.47. The van der Waals surface area contributed by atoms with E-state index in [1.807, 2.05) is 0 Å². The molecule has 0 aliphatic carbocycles. The molecule has 4 N–H and O–H groups in total. The first-order chi connectivity index (χ1) is 3.81. The third-order valence-electron chi connectivity index (χ3n) is 0.477. The summed E-state index contributed by atoms with van der Waals surface area (Å²) in [5, 5.41) is 0. The first-order valence-corrected chi connectivity index (χ1v) is 2.20. The second kappa shape index (κ2) is 11.6. The van der Waals surface area contributed by atoms with E-state index in [4.69, 9.17) is 0 Å². The quantitative estimate of drug-likeness (QED) is 0.440. The largest absolute Gasteiger partial charge is 0.343 e. The van der Waals surface area contributed by atoms with Gasteiger partial charge in [0.25, 0.3) is 0 Å².